The van der Waals surface area contributed by atoms with Crippen molar-refractivity contribution in [2.45, 2.75) is 94.3 Å². The Labute approximate surface area is 280 Å². The molecule has 0 aromatic heterocycles. The number of Topliss-reactive ketones (excluding diaryl/α,β-unsaturated/α-hetero) is 2. The highest BCUT2D eigenvalue weighted by Crippen LogP contribution is 2.40. The van der Waals surface area contributed by atoms with E-state index in [1.807, 2.05) is 96.2 Å². The molecule has 7 nitrogen and oxygen atoms in total. The zero-order chi connectivity index (χ0) is 35.7. The highest BCUT2D eigenvalue weighted by atomic mass is 16.6. The first-order valence-corrected chi connectivity index (χ1v) is 15.9. The lowest BCUT2D eigenvalue weighted by Gasteiger charge is -2.34. The van der Waals surface area contributed by atoms with Crippen molar-refractivity contribution in [3.05, 3.63) is 139 Å². The predicted molar refractivity (Wildman–Crippen MR) is 191 cm³/mol. The molecule has 0 radical (unpaired) electrons. The van der Waals surface area contributed by atoms with Crippen LogP contribution >= 0.6 is 0 Å². The van der Waals surface area contributed by atoms with Gasteiger partial charge in [-0.3, -0.25) is 19.7 Å². The van der Waals surface area contributed by atoms with Crippen LogP contribution in [0.4, 0.5) is 0 Å². The summed E-state index contributed by atoms with van der Waals surface area (Å²) in [5.41, 5.74) is 5.58. The standard InChI is InChI=1S/C40H51NO6/c1-26(16-13-17-27(2)18-20-33-30(5)37(44)35(42)24-39(33,7)8)14-11-12-15-28(3)22-32(41(46)47)23-29(4)19-21-34-31(6)38(45)36(43)25-40(34,9)10/h11-23,35-36,42-43H,24-25H2,1-10H3/b12-11+,16-13+,20-18+,21-19+,26-14+,27-17+,28-15+,29-23-,32-22-/t35-,36-/m0/s1. The van der Waals surface area contributed by atoms with Gasteiger partial charge in [0, 0.05) is 12.2 Å². The molecule has 47 heavy (non-hydrogen) atoms. The van der Waals surface area contributed by atoms with Gasteiger partial charge < -0.3 is 10.2 Å². The molecule has 7 heteroatoms. The third-order valence-corrected chi connectivity index (χ3v) is 8.55. The summed E-state index contributed by atoms with van der Waals surface area (Å²) in [6.45, 7) is 19.0. The van der Waals surface area contributed by atoms with E-state index in [0.717, 1.165) is 22.3 Å². The maximum Gasteiger partial charge on any atom is 0.269 e. The summed E-state index contributed by atoms with van der Waals surface area (Å²) in [5, 5.41) is 31.8. The zero-order valence-electron chi connectivity index (χ0n) is 29.5. The van der Waals surface area contributed by atoms with Crippen LogP contribution in [-0.4, -0.2) is 38.9 Å². The molecule has 2 aliphatic rings. The first kappa shape index (κ1) is 39.0. The van der Waals surface area contributed by atoms with Gasteiger partial charge in [0.15, 0.2) is 11.6 Å². The van der Waals surface area contributed by atoms with Gasteiger partial charge in [-0.05, 0) is 98.7 Å². The molecule has 0 aliphatic heterocycles. The summed E-state index contributed by atoms with van der Waals surface area (Å²) >= 11 is 0. The molecule has 2 N–H and O–H groups in total. The minimum absolute atomic E-state index is 0.0528. The molecule has 0 amide bonds. The average Bonchev–Trinajstić information content (AvgIpc) is 2.95. The van der Waals surface area contributed by atoms with Crippen molar-refractivity contribution in [1.82, 2.24) is 0 Å². The fourth-order valence-electron chi connectivity index (χ4n) is 5.87. The minimum Gasteiger partial charge on any atom is -0.385 e. The topological polar surface area (TPSA) is 118 Å². The lowest BCUT2D eigenvalue weighted by Crippen LogP contribution is -2.35. The van der Waals surface area contributed by atoms with Crippen molar-refractivity contribution in [1.29, 1.82) is 0 Å². The van der Waals surface area contributed by atoms with Crippen LogP contribution < -0.4 is 0 Å². The molecule has 252 valence electrons. The van der Waals surface area contributed by atoms with Crippen molar-refractivity contribution in [3.63, 3.8) is 0 Å². The molecule has 0 bridgehead atoms. The van der Waals surface area contributed by atoms with Crippen molar-refractivity contribution in [2.24, 2.45) is 10.8 Å². The summed E-state index contributed by atoms with van der Waals surface area (Å²) in [6, 6.07) is 0. The molecule has 2 atom stereocenters. The summed E-state index contributed by atoms with van der Waals surface area (Å²) in [5.74, 6) is -0.485. The van der Waals surface area contributed by atoms with E-state index in [2.05, 4.69) is 0 Å². The number of carbonyl (C=O) groups excluding carboxylic acids is 2. The van der Waals surface area contributed by atoms with Gasteiger partial charge >= 0.3 is 0 Å². The van der Waals surface area contributed by atoms with Gasteiger partial charge in [0.05, 0.1) is 4.92 Å². The highest BCUT2D eigenvalue weighted by Gasteiger charge is 2.37. The van der Waals surface area contributed by atoms with E-state index in [1.54, 1.807) is 39.8 Å². The van der Waals surface area contributed by atoms with E-state index in [9.17, 15) is 29.9 Å². The molecule has 0 saturated carbocycles. The Hall–Kier alpha value is -4.20. The number of nitrogens with zero attached hydrogens (tertiary/aromatic N) is 1. The van der Waals surface area contributed by atoms with E-state index >= 15 is 0 Å². The van der Waals surface area contributed by atoms with E-state index in [-0.39, 0.29) is 22.7 Å². The Morgan fingerprint density at radius 1 is 0.681 bits per heavy atom. The van der Waals surface area contributed by atoms with Crippen molar-refractivity contribution < 1.29 is 24.7 Å². The van der Waals surface area contributed by atoms with E-state index in [1.165, 1.54) is 12.2 Å². The van der Waals surface area contributed by atoms with Gasteiger partial charge in [0.2, 0.25) is 0 Å². The van der Waals surface area contributed by atoms with Gasteiger partial charge in [-0.1, -0.05) is 106 Å². The SMILES string of the molecule is CC1=C(/C=C/C(C)=C\C(=C\C(C)=C\C=C\C=C(C)\C=C\C=C(C)\C=C\C2=C(C)C(=O)[C@@H](O)CC2(C)C)[N+](=O)[O-])C(C)(C)C[C@H](O)C1=O. The second kappa shape index (κ2) is 16.6. The Morgan fingerprint density at radius 3 is 1.55 bits per heavy atom. The van der Waals surface area contributed by atoms with Gasteiger partial charge in [-0.25, -0.2) is 0 Å². The van der Waals surface area contributed by atoms with Crippen molar-refractivity contribution >= 4 is 11.6 Å². The Morgan fingerprint density at radius 2 is 1.09 bits per heavy atom. The zero-order valence-corrected chi connectivity index (χ0v) is 29.5. The first-order valence-electron chi connectivity index (χ1n) is 15.9. The van der Waals surface area contributed by atoms with Crippen LogP contribution in [0.3, 0.4) is 0 Å². The molecule has 0 aromatic rings. The van der Waals surface area contributed by atoms with Gasteiger partial charge in [-0.15, -0.1) is 0 Å². The summed E-state index contributed by atoms with van der Waals surface area (Å²) in [4.78, 5) is 35.9. The Kier molecular flexibility index (Phi) is 13.7. The molecule has 0 aromatic carbocycles. The van der Waals surface area contributed by atoms with Crippen LogP contribution in [0.15, 0.2) is 129 Å². The van der Waals surface area contributed by atoms with Crippen molar-refractivity contribution in [3.8, 4) is 0 Å². The van der Waals surface area contributed by atoms with Gasteiger partial charge in [0.25, 0.3) is 5.70 Å². The number of carbonyl (C=O) groups is 2. The Bertz CT molecular complexity index is 1610. The summed E-state index contributed by atoms with van der Waals surface area (Å²) in [6.07, 6.45) is 22.7. The number of aliphatic hydroxyl groups excluding tert-OH is 2. The number of rotatable bonds is 11. The molecule has 0 fully saturated rings. The van der Waals surface area contributed by atoms with Crippen LogP contribution in [0.25, 0.3) is 0 Å². The fraction of sp³-hybridized carbons (Fsp3) is 0.400. The molecule has 0 heterocycles. The van der Waals surface area contributed by atoms with Crippen LogP contribution in [0.2, 0.25) is 0 Å². The Balaban J connectivity index is 2.10. The maximum absolute atomic E-state index is 12.3. The first-order chi connectivity index (χ1) is 21.8. The number of nitro groups is 1. The van der Waals surface area contributed by atoms with Crippen LogP contribution in [0.5, 0.6) is 0 Å². The van der Waals surface area contributed by atoms with E-state index in [4.69, 9.17) is 0 Å². The van der Waals surface area contributed by atoms with Crippen LogP contribution in [0, 0.1) is 20.9 Å². The smallest absolute Gasteiger partial charge is 0.269 e. The number of allylic oxidation sites excluding steroid dienone is 19. The normalized spacial score (nSPS) is 23.9. The monoisotopic (exact) mass is 641 g/mol. The van der Waals surface area contributed by atoms with E-state index in [0.29, 0.717) is 35.1 Å². The van der Waals surface area contributed by atoms with Crippen molar-refractivity contribution in [2.75, 3.05) is 0 Å². The third kappa shape index (κ3) is 11.2. The molecular weight excluding hydrogens is 590 g/mol. The van der Waals surface area contributed by atoms with Gasteiger partial charge in [0.1, 0.15) is 12.2 Å². The van der Waals surface area contributed by atoms with E-state index < -0.39 is 22.5 Å². The minimum atomic E-state index is -1.00. The molecule has 0 spiro atoms. The lowest BCUT2D eigenvalue weighted by atomic mass is 9.71. The fourth-order valence-corrected chi connectivity index (χ4v) is 5.87. The predicted octanol–water partition coefficient (Wildman–Crippen LogP) is 8.51. The summed E-state index contributed by atoms with van der Waals surface area (Å²) in [7, 11) is 0. The second-order valence-corrected chi connectivity index (χ2v) is 13.9. The number of hydrogen-bond acceptors (Lipinski definition) is 6. The average molecular weight is 642 g/mol. The molecular formula is C40H51NO6. The molecule has 0 unspecified atom stereocenters. The number of hydrogen-bond donors (Lipinski definition) is 2. The molecule has 0 saturated heterocycles. The highest BCUT2D eigenvalue weighted by molar-refractivity contribution is 6.01. The molecule has 2 rings (SSSR count). The number of aliphatic hydroxyl groups is 2. The van der Waals surface area contributed by atoms with Crippen LogP contribution in [0.1, 0.15) is 82.1 Å². The second-order valence-electron chi connectivity index (χ2n) is 13.9. The molecule has 2 aliphatic carbocycles. The quantitative estimate of drug-likeness (QED) is 0.133. The summed E-state index contributed by atoms with van der Waals surface area (Å²) < 4.78 is 0. The maximum atomic E-state index is 12.3. The largest absolute Gasteiger partial charge is 0.385 e. The number of ketones is 2. The van der Waals surface area contributed by atoms with Crippen LogP contribution in [-0.2, 0) is 9.59 Å². The van der Waals surface area contributed by atoms with Gasteiger partial charge in [-0.2, -0.15) is 0 Å². The lowest BCUT2D eigenvalue weighted by molar-refractivity contribution is -0.419. The third-order valence-electron chi connectivity index (χ3n) is 8.55.